The largest absolute Gasteiger partial charge is 0.461 e. The zero-order valence-corrected chi connectivity index (χ0v) is 19.0. The lowest BCUT2D eigenvalue weighted by molar-refractivity contribution is -0.291. The van der Waals surface area contributed by atoms with Gasteiger partial charge in [0, 0.05) is 5.56 Å². The van der Waals surface area contributed by atoms with Crippen LogP contribution in [0.2, 0.25) is 0 Å². The van der Waals surface area contributed by atoms with Crippen LogP contribution < -0.4 is 0 Å². The van der Waals surface area contributed by atoms with E-state index in [9.17, 15) is 9.90 Å². The van der Waals surface area contributed by atoms with E-state index in [1.807, 2.05) is 60.7 Å². The zero-order valence-electron chi connectivity index (χ0n) is 19.0. The molecule has 0 spiro atoms. The number of hydrogen-bond acceptors (Lipinski definition) is 7. The average molecular weight is 457 g/mol. The molecule has 0 aromatic heterocycles. The number of esters is 1. The van der Waals surface area contributed by atoms with E-state index < -0.39 is 36.7 Å². The van der Waals surface area contributed by atoms with Gasteiger partial charge in [-0.1, -0.05) is 66.7 Å². The first kappa shape index (κ1) is 25.1. The Bertz CT molecular complexity index is 855. The van der Waals surface area contributed by atoms with Gasteiger partial charge in [-0.15, -0.1) is 6.58 Å². The molecule has 1 unspecified atom stereocenters. The minimum atomic E-state index is -1.14. The number of ether oxygens (including phenoxy) is 5. The van der Waals surface area contributed by atoms with E-state index in [0.717, 1.165) is 11.1 Å². The Kier molecular flexibility index (Phi) is 9.60. The lowest BCUT2D eigenvalue weighted by atomic mass is 10.0. The highest BCUT2D eigenvalue weighted by Crippen LogP contribution is 2.31. The van der Waals surface area contributed by atoms with Crippen molar-refractivity contribution < 1.29 is 33.6 Å². The van der Waals surface area contributed by atoms with Gasteiger partial charge in [0.1, 0.15) is 18.3 Å². The minimum absolute atomic E-state index is 0.0167. The monoisotopic (exact) mass is 456 g/mol. The van der Waals surface area contributed by atoms with Crippen LogP contribution in [0.4, 0.5) is 0 Å². The Labute approximate surface area is 194 Å². The van der Waals surface area contributed by atoms with Crippen molar-refractivity contribution in [2.75, 3.05) is 13.2 Å². The zero-order chi connectivity index (χ0) is 23.6. The van der Waals surface area contributed by atoms with Gasteiger partial charge in [0.05, 0.1) is 25.9 Å². The molecule has 7 nitrogen and oxygen atoms in total. The molecular formula is C26H32O7. The van der Waals surface area contributed by atoms with Gasteiger partial charge in [0.25, 0.3) is 0 Å². The maximum Gasteiger partial charge on any atom is 0.338 e. The van der Waals surface area contributed by atoms with Crippen LogP contribution in [0.25, 0.3) is 0 Å². The van der Waals surface area contributed by atoms with E-state index in [2.05, 4.69) is 6.58 Å². The third-order valence-electron chi connectivity index (χ3n) is 5.04. The molecule has 3 rings (SSSR count). The van der Waals surface area contributed by atoms with Crippen molar-refractivity contribution >= 4 is 5.97 Å². The summed E-state index contributed by atoms with van der Waals surface area (Å²) in [5.41, 5.74) is 1.70. The van der Waals surface area contributed by atoms with Crippen LogP contribution in [0.1, 0.15) is 31.3 Å². The molecule has 0 amide bonds. The van der Waals surface area contributed by atoms with Crippen molar-refractivity contribution in [2.24, 2.45) is 0 Å². The van der Waals surface area contributed by atoms with E-state index in [-0.39, 0.29) is 25.9 Å². The molecule has 0 radical (unpaired) electrons. The molecule has 1 N–H and O–H groups in total. The summed E-state index contributed by atoms with van der Waals surface area (Å²) in [5.74, 6) is -0.594. The molecule has 0 saturated carbocycles. The molecule has 0 aliphatic carbocycles. The van der Waals surface area contributed by atoms with Crippen molar-refractivity contribution in [3.63, 3.8) is 0 Å². The summed E-state index contributed by atoms with van der Waals surface area (Å²) in [5, 5.41) is 10.8. The van der Waals surface area contributed by atoms with E-state index >= 15 is 0 Å². The lowest BCUT2D eigenvalue weighted by Gasteiger charge is -2.40. The Morgan fingerprint density at radius 2 is 1.79 bits per heavy atom. The Morgan fingerprint density at radius 1 is 1.12 bits per heavy atom. The second kappa shape index (κ2) is 12.6. The van der Waals surface area contributed by atoms with Crippen LogP contribution in [0.3, 0.4) is 0 Å². The first-order valence-electron chi connectivity index (χ1n) is 11.1. The summed E-state index contributed by atoms with van der Waals surface area (Å²) in [7, 11) is 0. The highest BCUT2D eigenvalue weighted by atomic mass is 16.7. The van der Waals surface area contributed by atoms with Gasteiger partial charge in [-0.05, 0) is 19.4 Å². The summed E-state index contributed by atoms with van der Waals surface area (Å²) in [4.78, 5) is 13.0. The summed E-state index contributed by atoms with van der Waals surface area (Å²) < 4.78 is 29.3. The molecule has 1 aliphatic heterocycles. The molecule has 1 aliphatic rings. The minimum Gasteiger partial charge on any atom is -0.461 e. The number of aliphatic hydroxyl groups is 1. The predicted octanol–water partition coefficient (Wildman–Crippen LogP) is 3.57. The first-order chi connectivity index (χ1) is 16.0. The van der Waals surface area contributed by atoms with Crippen LogP contribution >= 0.6 is 0 Å². The average Bonchev–Trinajstić information content (AvgIpc) is 2.82. The molecular weight excluding hydrogens is 424 g/mol. The van der Waals surface area contributed by atoms with Crippen LogP contribution in [-0.4, -0.2) is 54.8 Å². The SMILES string of the molecule is C=CCO[C@H](C(=O)OC(C)C)[C@@H](OCc1ccccc1)[C@@H]1OC(c2ccccc2)OC[C@H]1O. The molecule has 5 atom stereocenters. The van der Waals surface area contributed by atoms with Gasteiger partial charge >= 0.3 is 5.97 Å². The van der Waals surface area contributed by atoms with Crippen molar-refractivity contribution in [1.82, 2.24) is 0 Å². The summed E-state index contributed by atoms with van der Waals surface area (Å²) in [6.07, 6.45) is -3.56. The number of carbonyl (C=O) groups is 1. The molecule has 0 bridgehead atoms. The van der Waals surface area contributed by atoms with Crippen LogP contribution in [-0.2, 0) is 35.1 Å². The fraction of sp³-hybridized carbons (Fsp3) is 0.423. The maximum absolute atomic E-state index is 13.0. The fourth-order valence-electron chi connectivity index (χ4n) is 3.52. The van der Waals surface area contributed by atoms with E-state index in [0.29, 0.717) is 0 Å². The number of hydrogen-bond donors (Lipinski definition) is 1. The number of rotatable bonds is 11. The van der Waals surface area contributed by atoms with Crippen molar-refractivity contribution in [3.8, 4) is 0 Å². The molecule has 178 valence electrons. The molecule has 1 heterocycles. The number of benzene rings is 2. The number of aliphatic hydroxyl groups excluding tert-OH is 1. The maximum atomic E-state index is 13.0. The summed E-state index contributed by atoms with van der Waals surface area (Å²) >= 11 is 0. The lowest BCUT2D eigenvalue weighted by Crippen LogP contribution is -2.55. The van der Waals surface area contributed by atoms with E-state index in [4.69, 9.17) is 23.7 Å². The van der Waals surface area contributed by atoms with E-state index in [1.165, 1.54) is 6.08 Å². The summed E-state index contributed by atoms with van der Waals surface area (Å²) in [6.45, 7) is 7.49. The molecule has 2 aromatic carbocycles. The molecule has 7 heteroatoms. The van der Waals surface area contributed by atoms with Gasteiger partial charge in [0.2, 0.25) is 0 Å². The van der Waals surface area contributed by atoms with Crippen molar-refractivity contribution in [2.45, 2.75) is 57.3 Å². The Morgan fingerprint density at radius 3 is 2.42 bits per heavy atom. The van der Waals surface area contributed by atoms with Crippen LogP contribution in [0, 0.1) is 0 Å². The molecule has 2 aromatic rings. The van der Waals surface area contributed by atoms with Crippen molar-refractivity contribution in [1.29, 1.82) is 0 Å². The fourth-order valence-corrected chi connectivity index (χ4v) is 3.52. The van der Waals surface area contributed by atoms with E-state index in [1.54, 1.807) is 13.8 Å². The van der Waals surface area contributed by atoms with Gasteiger partial charge in [-0.2, -0.15) is 0 Å². The smallest absolute Gasteiger partial charge is 0.338 e. The van der Waals surface area contributed by atoms with Gasteiger partial charge in [-0.3, -0.25) is 0 Å². The van der Waals surface area contributed by atoms with Crippen LogP contribution in [0.5, 0.6) is 0 Å². The number of carbonyl (C=O) groups excluding carboxylic acids is 1. The Balaban J connectivity index is 1.88. The highest BCUT2D eigenvalue weighted by Gasteiger charge is 2.45. The topological polar surface area (TPSA) is 83.5 Å². The van der Waals surface area contributed by atoms with Crippen LogP contribution in [0.15, 0.2) is 73.3 Å². The van der Waals surface area contributed by atoms with Gasteiger partial charge in [0.15, 0.2) is 12.4 Å². The van der Waals surface area contributed by atoms with Crippen molar-refractivity contribution in [3.05, 3.63) is 84.4 Å². The predicted molar refractivity (Wildman–Crippen MR) is 122 cm³/mol. The van der Waals surface area contributed by atoms with Gasteiger partial charge in [-0.25, -0.2) is 4.79 Å². The second-order valence-corrected chi connectivity index (χ2v) is 8.03. The molecule has 33 heavy (non-hydrogen) atoms. The first-order valence-corrected chi connectivity index (χ1v) is 11.1. The molecule has 1 saturated heterocycles. The quantitative estimate of drug-likeness (QED) is 0.409. The second-order valence-electron chi connectivity index (χ2n) is 8.03. The third-order valence-corrected chi connectivity index (χ3v) is 5.04. The Hall–Kier alpha value is -2.55. The van der Waals surface area contributed by atoms with Gasteiger partial charge < -0.3 is 28.8 Å². The highest BCUT2D eigenvalue weighted by molar-refractivity contribution is 5.75. The standard InChI is InChI=1S/C26H32O7/c1-4-15-29-24(25(28)32-18(2)3)23(30-16-19-11-7-5-8-12-19)22-21(27)17-31-26(33-22)20-13-9-6-10-14-20/h4-14,18,21-24,26-27H,1,15-17H2,2-3H3/t21-,22-,23+,24+,26?/m1/s1. The summed E-state index contributed by atoms with van der Waals surface area (Å²) in [6, 6.07) is 18.9. The normalized spacial score (nSPS) is 22.5. The third kappa shape index (κ3) is 7.22. The molecule has 1 fully saturated rings.